The molecule has 44 heavy (non-hydrogen) atoms. The molecule has 0 bridgehead atoms. The minimum Gasteiger partial charge on any atom is -0.0912 e. The molecule has 0 heteroatoms. The van der Waals surface area contributed by atoms with Gasteiger partial charge in [-0.3, -0.25) is 0 Å². The first kappa shape index (κ1) is 28.6. The van der Waals surface area contributed by atoms with Crippen LogP contribution < -0.4 is 0 Å². The Bertz CT molecular complexity index is 1930. The summed E-state index contributed by atoms with van der Waals surface area (Å²) in [6, 6.07) is 49.2. The molecular weight excluding hydrogens is 528 g/mol. The molecule has 0 saturated heterocycles. The molecule has 2 unspecified atom stereocenters. The van der Waals surface area contributed by atoms with Gasteiger partial charge in [0.15, 0.2) is 0 Å². The standard InChI is InChI=1S/C44H36/c1-34(30-31-35-18-7-6-8-19-35)36-20-9-2-3-10-21-38(33-32-36)40-24-11-4-5-12-26-43(44-28-16-15-27-41(40)44)42-29-17-23-37-22-13-14-25-39(37)42/h2-33,37,39H,1H2. The fourth-order valence-electron chi connectivity index (χ4n) is 5.84. The molecule has 0 aliphatic heterocycles. The van der Waals surface area contributed by atoms with E-state index in [0.29, 0.717) is 11.8 Å². The molecule has 2 atom stereocenters. The first-order valence-electron chi connectivity index (χ1n) is 15.2. The molecule has 2 aliphatic rings. The van der Waals surface area contributed by atoms with Gasteiger partial charge in [-0.25, -0.2) is 0 Å². The molecule has 0 aromatic heterocycles. The maximum absolute atomic E-state index is 4.40. The SMILES string of the molecule is C=C(C=Cc1ccccc1)c1ccccccc(-c2ccccccc(C3=CC=CC4C=CC=CC34)c3ccccc23)cc1. The van der Waals surface area contributed by atoms with Gasteiger partial charge in [0.1, 0.15) is 0 Å². The largest absolute Gasteiger partial charge is 0.0912 e. The van der Waals surface area contributed by atoms with E-state index in [-0.39, 0.29) is 0 Å². The average molecular weight is 565 g/mol. The third-order valence-electron chi connectivity index (χ3n) is 8.11. The quantitative estimate of drug-likeness (QED) is 0.212. The Labute approximate surface area is 261 Å². The summed E-state index contributed by atoms with van der Waals surface area (Å²) in [6.45, 7) is 4.40. The molecule has 4 aromatic rings. The second-order valence-electron chi connectivity index (χ2n) is 11.0. The Morgan fingerprint density at radius 2 is 1.11 bits per heavy atom. The Hall–Kier alpha value is -5.46. The second-order valence-corrected chi connectivity index (χ2v) is 11.0. The topological polar surface area (TPSA) is 0 Å². The van der Waals surface area contributed by atoms with Gasteiger partial charge in [0, 0.05) is 11.8 Å². The summed E-state index contributed by atoms with van der Waals surface area (Å²) in [5.41, 5.74) is 8.04. The van der Waals surface area contributed by atoms with Crippen molar-refractivity contribution in [3.05, 3.63) is 211 Å². The van der Waals surface area contributed by atoms with Crippen LogP contribution in [0.25, 0.3) is 39.1 Å². The van der Waals surface area contributed by atoms with Crippen molar-refractivity contribution in [2.45, 2.75) is 0 Å². The van der Waals surface area contributed by atoms with Crippen molar-refractivity contribution in [1.82, 2.24) is 0 Å². The van der Waals surface area contributed by atoms with Gasteiger partial charge in [0.25, 0.3) is 0 Å². The summed E-state index contributed by atoms with van der Waals surface area (Å²) >= 11 is 0. The van der Waals surface area contributed by atoms with E-state index in [1.807, 2.05) is 6.07 Å². The number of benzene rings is 2. The lowest BCUT2D eigenvalue weighted by Gasteiger charge is -2.27. The molecule has 0 radical (unpaired) electrons. The van der Waals surface area contributed by atoms with Gasteiger partial charge in [-0.15, -0.1) is 0 Å². The van der Waals surface area contributed by atoms with Gasteiger partial charge in [-0.05, 0) is 49.7 Å². The fourth-order valence-corrected chi connectivity index (χ4v) is 5.84. The van der Waals surface area contributed by atoms with Gasteiger partial charge in [-0.1, -0.05) is 201 Å². The first-order valence-corrected chi connectivity index (χ1v) is 15.2. The van der Waals surface area contributed by atoms with Crippen LogP contribution in [0.3, 0.4) is 0 Å². The van der Waals surface area contributed by atoms with Crippen molar-refractivity contribution >= 4 is 28.0 Å². The maximum atomic E-state index is 4.40. The predicted octanol–water partition coefficient (Wildman–Crippen LogP) is 11.8. The van der Waals surface area contributed by atoms with Crippen LogP contribution in [0.15, 0.2) is 195 Å². The van der Waals surface area contributed by atoms with E-state index in [0.717, 1.165) is 27.8 Å². The lowest BCUT2D eigenvalue weighted by Crippen LogP contribution is -2.15. The van der Waals surface area contributed by atoms with E-state index in [4.69, 9.17) is 0 Å². The summed E-state index contributed by atoms with van der Waals surface area (Å²) in [6.07, 6.45) is 20.0. The molecule has 0 N–H and O–H groups in total. The number of allylic oxidation sites excluding steroid dienone is 10. The molecule has 0 spiro atoms. The van der Waals surface area contributed by atoms with Gasteiger partial charge < -0.3 is 0 Å². The number of hydrogen-bond acceptors (Lipinski definition) is 0. The van der Waals surface area contributed by atoms with Crippen molar-refractivity contribution in [2.75, 3.05) is 0 Å². The summed E-state index contributed by atoms with van der Waals surface area (Å²) in [5, 5.41) is 2.43. The lowest BCUT2D eigenvalue weighted by atomic mass is 9.76. The highest BCUT2D eigenvalue weighted by Gasteiger charge is 2.24. The normalized spacial score (nSPS) is 16.5. The Balaban J connectivity index is 1.53. The third-order valence-corrected chi connectivity index (χ3v) is 8.11. The first-order chi connectivity index (χ1) is 21.8. The highest BCUT2D eigenvalue weighted by molar-refractivity contribution is 6.01. The van der Waals surface area contributed by atoms with E-state index in [9.17, 15) is 0 Å². The summed E-state index contributed by atoms with van der Waals surface area (Å²) in [5.74, 6) is 0.687. The summed E-state index contributed by atoms with van der Waals surface area (Å²) < 4.78 is 0. The van der Waals surface area contributed by atoms with E-state index in [1.165, 1.54) is 21.9 Å². The molecule has 4 aromatic carbocycles. The van der Waals surface area contributed by atoms with Crippen molar-refractivity contribution in [3.8, 4) is 11.1 Å². The van der Waals surface area contributed by atoms with Crippen LogP contribution >= 0.6 is 0 Å². The van der Waals surface area contributed by atoms with Crippen molar-refractivity contribution in [1.29, 1.82) is 0 Å². The highest BCUT2D eigenvalue weighted by Crippen LogP contribution is 2.40. The minimum absolute atomic E-state index is 0.314. The average Bonchev–Trinajstić information content (AvgIpc) is 3.08. The molecule has 0 fully saturated rings. The summed E-state index contributed by atoms with van der Waals surface area (Å²) in [7, 11) is 0. The van der Waals surface area contributed by atoms with Crippen molar-refractivity contribution in [2.24, 2.45) is 11.8 Å². The molecule has 2 aliphatic carbocycles. The zero-order valence-corrected chi connectivity index (χ0v) is 24.8. The van der Waals surface area contributed by atoms with Gasteiger partial charge in [0.2, 0.25) is 0 Å². The van der Waals surface area contributed by atoms with Crippen LogP contribution in [-0.2, 0) is 0 Å². The van der Waals surface area contributed by atoms with Crippen molar-refractivity contribution in [3.63, 3.8) is 0 Å². The maximum Gasteiger partial charge on any atom is 0.0125 e. The van der Waals surface area contributed by atoms with E-state index in [1.54, 1.807) is 0 Å². The Morgan fingerprint density at radius 1 is 0.523 bits per heavy atom. The van der Waals surface area contributed by atoms with Gasteiger partial charge >= 0.3 is 0 Å². The monoisotopic (exact) mass is 564 g/mol. The minimum atomic E-state index is 0.314. The van der Waals surface area contributed by atoms with Crippen LogP contribution in [0.4, 0.5) is 0 Å². The van der Waals surface area contributed by atoms with Crippen LogP contribution in [0.5, 0.6) is 0 Å². The highest BCUT2D eigenvalue weighted by atomic mass is 14.3. The van der Waals surface area contributed by atoms with Crippen LogP contribution in [0, 0.1) is 11.8 Å². The van der Waals surface area contributed by atoms with Crippen LogP contribution in [0.1, 0.15) is 16.7 Å². The molecular formula is C44H36. The molecule has 6 rings (SSSR count). The van der Waals surface area contributed by atoms with Crippen LogP contribution in [0.2, 0.25) is 0 Å². The predicted molar refractivity (Wildman–Crippen MR) is 192 cm³/mol. The Kier molecular flexibility index (Phi) is 9.21. The van der Waals surface area contributed by atoms with Gasteiger partial charge in [0.05, 0.1) is 0 Å². The smallest absolute Gasteiger partial charge is 0.0125 e. The third kappa shape index (κ3) is 6.77. The zero-order chi connectivity index (χ0) is 30.0. The van der Waals surface area contributed by atoms with Crippen LogP contribution in [-0.4, -0.2) is 0 Å². The number of rotatable bonds is 5. The van der Waals surface area contributed by atoms with Crippen molar-refractivity contribution < 1.29 is 0 Å². The van der Waals surface area contributed by atoms with Gasteiger partial charge in [-0.2, -0.15) is 0 Å². The fraction of sp³-hybridized carbons (Fsp3) is 0.0455. The Morgan fingerprint density at radius 3 is 1.91 bits per heavy atom. The number of fused-ring (bicyclic) bond motifs is 2. The van der Waals surface area contributed by atoms with E-state index < -0.39 is 0 Å². The summed E-state index contributed by atoms with van der Waals surface area (Å²) in [4.78, 5) is 0. The molecule has 0 amide bonds. The molecule has 0 heterocycles. The second kappa shape index (κ2) is 14.1. The lowest BCUT2D eigenvalue weighted by molar-refractivity contribution is 0.678. The molecule has 212 valence electrons. The van der Waals surface area contributed by atoms with E-state index in [2.05, 4.69) is 195 Å². The number of hydrogen-bond donors (Lipinski definition) is 0. The molecule has 0 saturated carbocycles. The molecule has 0 nitrogen and oxygen atoms in total. The zero-order valence-electron chi connectivity index (χ0n) is 24.8. The van der Waals surface area contributed by atoms with E-state index >= 15 is 0 Å².